The van der Waals surface area contributed by atoms with E-state index >= 15 is 0 Å². The van der Waals surface area contributed by atoms with E-state index in [9.17, 15) is 0 Å². The molecule has 0 heteroatoms. The van der Waals surface area contributed by atoms with E-state index in [0.29, 0.717) is 0 Å². The first-order valence-electron chi connectivity index (χ1n) is 4.12. The van der Waals surface area contributed by atoms with Gasteiger partial charge in [-0.05, 0) is 25.7 Å². The van der Waals surface area contributed by atoms with Crippen molar-refractivity contribution < 1.29 is 0 Å². The van der Waals surface area contributed by atoms with E-state index < -0.39 is 0 Å². The van der Waals surface area contributed by atoms with Crippen molar-refractivity contribution in [3.8, 4) is 0 Å². The van der Waals surface area contributed by atoms with E-state index in [4.69, 9.17) is 0 Å². The lowest BCUT2D eigenvalue weighted by Gasteiger charge is -1.83. The van der Waals surface area contributed by atoms with Crippen LogP contribution in [0.5, 0.6) is 0 Å². The van der Waals surface area contributed by atoms with Crippen LogP contribution in [0.2, 0.25) is 0 Å². The minimum atomic E-state index is 0.975. The number of hydrogen-bond acceptors (Lipinski definition) is 0. The topological polar surface area (TPSA) is 0 Å². The van der Waals surface area contributed by atoms with Crippen molar-refractivity contribution in [2.24, 2.45) is 0 Å². The summed E-state index contributed by atoms with van der Waals surface area (Å²) >= 11 is 0. The number of rotatable bonds is 6. The molecule has 0 nitrogen and oxygen atoms in total. The zero-order chi connectivity index (χ0) is 8.36. The molecule has 0 aliphatic carbocycles. The van der Waals surface area contributed by atoms with E-state index in [0.717, 1.165) is 25.7 Å². The molecule has 0 rings (SSSR count). The smallest absolute Gasteiger partial charge is 0.0169 e. The molecular weight excluding hydrogens is 132 g/mol. The van der Waals surface area contributed by atoms with Crippen LogP contribution < -0.4 is 0 Å². The summed E-state index contributed by atoms with van der Waals surface area (Å²) < 4.78 is 0. The summed E-state index contributed by atoms with van der Waals surface area (Å²) in [5.41, 5.74) is 0. The second-order valence-electron chi connectivity index (χ2n) is 2.35. The molecule has 0 fully saturated rings. The summed E-state index contributed by atoms with van der Waals surface area (Å²) in [4.78, 5) is 0. The molecule has 11 heavy (non-hydrogen) atoms. The molecule has 0 aromatic heterocycles. The Kier molecular flexibility index (Phi) is 8.57. The average molecular weight is 149 g/mol. The van der Waals surface area contributed by atoms with Crippen LogP contribution in [0, 0.1) is 6.92 Å². The Morgan fingerprint density at radius 2 is 1.55 bits per heavy atom. The molecule has 0 aliphatic heterocycles. The van der Waals surface area contributed by atoms with Gasteiger partial charge in [-0.3, -0.25) is 0 Å². The first-order valence-corrected chi connectivity index (χ1v) is 4.12. The molecule has 0 spiro atoms. The molecule has 0 heterocycles. The molecule has 0 aromatic rings. The highest BCUT2D eigenvalue weighted by Crippen LogP contribution is 1.93. The molecule has 1 radical (unpaired) electrons. The monoisotopic (exact) mass is 149 g/mol. The molecule has 0 aromatic carbocycles. The van der Waals surface area contributed by atoms with Crippen molar-refractivity contribution in [1.29, 1.82) is 0 Å². The van der Waals surface area contributed by atoms with Crippen LogP contribution in [0.15, 0.2) is 37.0 Å². The van der Waals surface area contributed by atoms with Crippen LogP contribution in [0.4, 0.5) is 0 Å². The summed E-state index contributed by atoms with van der Waals surface area (Å²) in [6, 6.07) is 0. The number of hydrogen-bond donors (Lipinski definition) is 0. The fourth-order valence-corrected chi connectivity index (χ4v) is 0.699. The standard InChI is InChI=1S/C11H17/c1-3-5-7-9-11-10-8-6-4-2/h3,7-10H,1-2,4-6,11H2. The molecule has 0 saturated carbocycles. The van der Waals surface area contributed by atoms with Gasteiger partial charge in [0.1, 0.15) is 0 Å². The molecule has 0 amide bonds. The second kappa shape index (κ2) is 9.22. The average Bonchev–Trinajstić information content (AvgIpc) is 2.03. The Balaban J connectivity index is 3.17. The second-order valence-corrected chi connectivity index (χ2v) is 2.35. The lowest BCUT2D eigenvalue weighted by molar-refractivity contribution is 1.04. The van der Waals surface area contributed by atoms with Crippen molar-refractivity contribution in [2.75, 3.05) is 0 Å². The molecule has 0 unspecified atom stereocenters. The summed E-state index contributed by atoms with van der Waals surface area (Å²) in [6.07, 6.45) is 14.6. The first-order chi connectivity index (χ1) is 5.41. The highest BCUT2D eigenvalue weighted by molar-refractivity contribution is 4.95. The highest BCUT2D eigenvalue weighted by atomic mass is 13.8. The van der Waals surface area contributed by atoms with Crippen LogP contribution in [0.3, 0.4) is 0 Å². The summed E-state index contributed by atoms with van der Waals surface area (Å²) in [6.45, 7) is 7.38. The van der Waals surface area contributed by atoms with Gasteiger partial charge in [-0.2, -0.15) is 0 Å². The maximum atomic E-state index is 3.75. The Hall–Kier alpha value is -0.780. The minimum Gasteiger partial charge on any atom is -0.103 e. The van der Waals surface area contributed by atoms with E-state index in [1.54, 1.807) is 0 Å². The Labute approximate surface area is 70.3 Å². The fourth-order valence-electron chi connectivity index (χ4n) is 0.699. The van der Waals surface area contributed by atoms with Gasteiger partial charge in [-0.15, -0.1) is 6.58 Å². The zero-order valence-corrected chi connectivity index (χ0v) is 7.13. The van der Waals surface area contributed by atoms with Crippen LogP contribution in [-0.2, 0) is 0 Å². The molecule has 61 valence electrons. The van der Waals surface area contributed by atoms with Gasteiger partial charge in [-0.1, -0.05) is 37.3 Å². The van der Waals surface area contributed by atoms with Crippen LogP contribution >= 0.6 is 0 Å². The van der Waals surface area contributed by atoms with E-state index in [1.807, 2.05) is 6.08 Å². The maximum Gasteiger partial charge on any atom is -0.0169 e. The van der Waals surface area contributed by atoms with Crippen molar-refractivity contribution in [2.45, 2.75) is 25.7 Å². The van der Waals surface area contributed by atoms with Crippen molar-refractivity contribution >= 4 is 0 Å². The molecule has 0 bridgehead atoms. The lowest BCUT2D eigenvalue weighted by atomic mass is 10.2. The summed E-state index contributed by atoms with van der Waals surface area (Å²) in [7, 11) is 0. The largest absolute Gasteiger partial charge is 0.103 e. The van der Waals surface area contributed by atoms with Crippen LogP contribution in [0.1, 0.15) is 25.7 Å². The Bertz CT molecular complexity index is 129. The van der Waals surface area contributed by atoms with Crippen molar-refractivity contribution in [1.82, 2.24) is 0 Å². The molecule has 0 atom stereocenters. The molecular formula is C11H17. The van der Waals surface area contributed by atoms with Gasteiger partial charge in [0.25, 0.3) is 0 Å². The Morgan fingerprint density at radius 3 is 2.18 bits per heavy atom. The van der Waals surface area contributed by atoms with Gasteiger partial charge in [-0.25, -0.2) is 0 Å². The van der Waals surface area contributed by atoms with Gasteiger partial charge >= 0.3 is 0 Å². The molecule has 0 saturated heterocycles. The predicted molar refractivity (Wildman–Crippen MR) is 52.3 cm³/mol. The van der Waals surface area contributed by atoms with Gasteiger partial charge in [0.05, 0.1) is 0 Å². The zero-order valence-electron chi connectivity index (χ0n) is 7.13. The third kappa shape index (κ3) is 9.22. The van der Waals surface area contributed by atoms with Crippen LogP contribution in [0.25, 0.3) is 0 Å². The summed E-state index contributed by atoms with van der Waals surface area (Å²) in [5.74, 6) is 0. The maximum absolute atomic E-state index is 3.75. The minimum absolute atomic E-state index is 0.975. The normalized spacial score (nSPS) is 11.4. The van der Waals surface area contributed by atoms with Gasteiger partial charge in [0, 0.05) is 0 Å². The van der Waals surface area contributed by atoms with Gasteiger partial charge in [0.2, 0.25) is 0 Å². The Morgan fingerprint density at radius 1 is 0.909 bits per heavy atom. The lowest BCUT2D eigenvalue weighted by Crippen LogP contribution is -1.62. The molecule has 0 N–H and O–H groups in total. The fraction of sp³-hybridized carbons (Fsp3) is 0.364. The quantitative estimate of drug-likeness (QED) is 0.505. The van der Waals surface area contributed by atoms with Crippen molar-refractivity contribution in [3.05, 3.63) is 43.9 Å². The van der Waals surface area contributed by atoms with Crippen molar-refractivity contribution in [3.63, 3.8) is 0 Å². The van der Waals surface area contributed by atoms with E-state index in [2.05, 4.69) is 37.8 Å². The summed E-state index contributed by atoms with van der Waals surface area (Å²) in [5, 5.41) is 0. The third-order valence-electron chi connectivity index (χ3n) is 1.28. The van der Waals surface area contributed by atoms with Gasteiger partial charge < -0.3 is 0 Å². The SMILES string of the molecule is [CH2]CCC=CCC=CCC=C. The number of unbranched alkanes of at least 4 members (excludes halogenated alkanes) is 1. The highest BCUT2D eigenvalue weighted by Gasteiger charge is 1.72. The third-order valence-corrected chi connectivity index (χ3v) is 1.28. The molecule has 0 aliphatic rings. The van der Waals surface area contributed by atoms with E-state index in [-0.39, 0.29) is 0 Å². The van der Waals surface area contributed by atoms with Gasteiger partial charge in [0.15, 0.2) is 0 Å². The number of allylic oxidation sites excluding steroid dienone is 5. The first kappa shape index (κ1) is 10.2. The van der Waals surface area contributed by atoms with Crippen LogP contribution in [-0.4, -0.2) is 0 Å². The van der Waals surface area contributed by atoms with E-state index in [1.165, 1.54) is 0 Å². The predicted octanol–water partition coefficient (Wildman–Crippen LogP) is 3.68.